The van der Waals surface area contributed by atoms with Gasteiger partial charge in [0.05, 0.1) is 5.69 Å². The largest absolute Gasteiger partial charge is 0.326 e. The molecule has 0 saturated carbocycles. The van der Waals surface area contributed by atoms with Crippen LogP contribution in [0.3, 0.4) is 0 Å². The van der Waals surface area contributed by atoms with Crippen molar-refractivity contribution >= 4 is 11.3 Å². The number of hydrogen-bond donors (Lipinski definition) is 1. The first-order valence-corrected chi connectivity index (χ1v) is 8.09. The number of likely N-dealkylation sites (N-methyl/N-ethyl adjacent to an activating group) is 1. The van der Waals surface area contributed by atoms with E-state index in [1.807, 2.05) is 11.3 Å². The van der Waals surface area contributed by atoms with Crippen molar-refractivity contribution in [3.05, 3.63) is 40.4 Å². The summed E-state index contributed by atoms with van der Waals surface area (Å²) in [7, 11) is 2.26. The molecule has 2 aliphatic heterocycles. The summed E-state index contributed by atoms with van der Waals surface area (Å²) in [4.78, 5) is 8.96. The van der Waals surface area contributed by atoms with E-state index in [-0.39, 0.29) is 0 Å². The molecule has 2 aliphatic rings. The summed E-state index contributed by atoms with van der Waals surface area (Å²) in [5.41, 5.74) is 9.40. The van der Waals surface area contributed by atoms with Crippen LogP contribution >= 0.6 is 11.3 Å². The number of hydrogen-bond acceptors (Lipinski definition) is 4. The van der Waals surface area contributed by atoms with Gasteiger partial charge in [0.1, 0.15) is 5.01 Å². The van der Waals surface area contributed by atoms with Crippen LogP contribution in [0.15, 0.2) is 24.3 Å². The van der Waals surface area contributed by atoms with E-state index in [0.29, 0.717) is 18.6 Å². The second-order valence-corrected chi connectivity index (χ2v) is 6.88. The Morgan fingerprint density at radius 1 is 1.30 bits per heavy atom. The molecule has 4 heteroatoms. The Bertz CT molecular complexity index is 632. The number of benzene rings is 1. The van der Waals surface area contributed by atoms with Gasteiger partial charge in [-0.05, 0) is 25.5 Å². The first-order chi connectivity index (χ1) is 9.76. The van der Waals surface area contributed by atoms with Crippen molar-refractivity contribution in [3.63, 3.8) is 0 Å². The van der Waals surface area contributed by atoms with Gasteiger partial charge in [0.25, 0.3) is 0 Å². The van der Waals surface area contributed by atoms with Crippen LogP contribution in [0.1, 0.15) is 35.0 Å². The van der Waals surface area contributed by atoms with Crippen molar-refractivity contribution in [2.24, 2.45) is 5.73 Å². The van der Waals surface area contributed by atoms with Crippen LogP contribution in [0.25, 0.3) is 10.6 Å². The van der Waals surface area contributed by atoms with E-state index in [1.165, 1.54) is 39.5 Å². The molecule has 2 atom stereocenters. The predicted octanol–water partition coefficient (Wildman–Crippen LogP) is 2.96. The van der Waals surface area contributed by atoms with Gasteiger partial charge in [0, 0.05) is 35.5 Å². The Morgan fingerprint density at radius 3 is 2.85 bits per heavy atom. The SMILES string of the molecule is CN1C2CCC1c1sc(-c3ccc(CN)cc3)nc1C2. The Labute approximate surface area is 123 Å². The maximum atomic E-state index is 5.66. The number of thiazole rings is 1. The summed E-state index contributed by atoms with van der Waals surface area (Å²) < 4.78 is 0. The molecule has 1 fully saturated rings. The van der Waals surface area contributed by atoms with Gasteiger partial charge in [-0.1, -0.05) is 24.3 Å². The lowest BCUT2D eigenvalue weighted by Crippen LogP contribution is -2.33. The smallest absolute Gasteiger partial charge is 0.123 e. The number of aromatic nitrogens is 1. The summed E-state index contributed by atoms with van der Waals surface area (Å²) in [6, 6.07) is 9.82. The van der Waals surface area contributed by atoms with Gasteiger partial charge < -0.3 is 5.73 Å². The maximum Gasteiger partial charge on any atom is 0.123 e. The molecule has 1 saturated heterocycles. The normalized spacial score (nSPS) is 24.9. The van der Waals surface area contributed by atoms with Crippen LogP contribution in [-0.2, 0) is 13.0 Å². The van der Waals surface area contributed by atoms with Crippen molar-refractivity contribution in [3.8, 4) is 10.6 Å². The zero-order valence-electron chi connectivity index (χ0n) is 11.7. The lowest BCUT2D eigenvalue weighted by Gasteiger charge is -2.29. The second kappa shape index (κ2) is 4.65. The Kier molecular flexibility index (Phi) is 2.91. The zero-order valence-corrected chi connectivity index (χ0v) is 12.5. The van der Waals surface area contributed by atoms with E-state index in [0.717, 1.165) is 6.42 Å². The van der Waals surface area contributed by atoms with Gasteiger partial charge in [-0.2, -0.15) is 0 Å². The molecule has 3 nitrogen and oxygen atoms in total. The fourth-order valence-electron chi connectivity index (χ4n) is 3.47. The van der Waals surface area contributed by atoms with Crippen LogP contribution < -0.4 is 5.73 Å². The van der Waals surface area contributed by atoms with Crippen LogP contribution in [0.2, 0.25) is 0 Å². The lowest BCUT2D eigenvalue weighted by molar-refractivity contribution is 0.226. The van der Waals surface area contributed by atoms with Gasteiger partial charge in [-0.15, -0.1) is 11.3 Å². The van der Waals surface area contributed by atoms with Gasteiger partial charge in [0.2, 0.25) is 0 Å². The molecule has 3 heterocycles. The van der Waals surface area contributed by atoms with Crippen molar-refractivity contribution in [1.29, 1.82) is 0 Å². The molecule has 1 aromatic carbocycles. The van der Waals surface area contributed by atoms with E-state index in [2.05, 4.69) is 36.2 Å². The van der Waals surface area contributed by atoms with Crippen LogP contribution in [0.5, 0.6) is 0 Å². The lowest BCUT2D eigenvalue weighted by atomic mass is 10.1. The highest BCUT2D eigenvalue weighted by atomic mass is 32.1. The molecule has 0 amide bonds. The average molecular weight is 285 g/mol. The maximum absolute atomic E-state index is 5.66. The Morgan fingerprint density at radius 2 is 2.10 bits per heavy atom. The molecule has 20 heavy (non-hydrogen) atoms. The predicted molar refractivity (Wildman–Crippen MR) is 82.7 cm³/mol. The molecule has 4 rings (SSSR count). The third-order valence-corrected chi connectivity index (χ3v) is 5.98. The first-order valence-electron chi connectivity index (χ1n) is 7.27. The molecular formula is C16H19N3S. The van der Waals surface area contributed by atoms with Crippen molar-refractivity contribution in [2.45, 2.75) is 37.9 Å². The molecule has 0 spiro atoms. The Balaban J connectivity index is 1.71. The minimum atomic E-state index is 0.600. The monoisotopic (exact) mass is 285 g/mol. The average Bonchev–Trinajstić information content (AvgIpc) is 3.00. The highest BCUT2D eigenvalue weighted by Crippen LogP contribution is 2.46. The van der Waals surface area contributed by atoms with Crippen molar-refractivity contribution in [2.75, 3.05) is 7.05 Å². The van der Waals surface area contributed by atoms with E-state index >= 15 is 0 Å². The van der Waals surface area contributed by atoms with Crippen molar-refractivity contribution < 1.29 is 0 Å². The first kappa shape index (κ1) is 12.5. The number of nitrogens with zero attached hydrogens (tertiary/aromatic N) is 2. The third-order valence-electron chi connectivity index (χ3n) is 4.74. The number of nitrogens with two attached hydrogens (primary N) is 1. The molecule has 2 N–H and O–H groups in total. The van der Waals surface area contributed by atoms with Crippen LogP contribution in [0, 0.1) is 0 Å². The zero-order chi connectivity index (χ0) is 13.7. The van der Waals surface area contributed by atoms with Gasteiger partial charge in [-0.25, -0.2) is 4.98 Å². The minimum Gasteiger partial charge on any atom is -0.326 e. The standard InChI is InChI=1S/C16H19N3S/c1-19-12-6-7-14(19)15-13(8-12)18-16(20-15)11-4-2-10(9-17)3-5-11/h2-5,12,14H,6-9,17H2,1H3. The summed E-state index contributed by atoms with van der Waals surface area (Å²) >= 11 is 1.88. The molecule has 0 aliphatic carbocycles. The van der Waals surface area contributed by atoms with E-state index in [4.69, 9.17) is 10.7 Å². The molecular weight excluding hydrogens is 266 g/mol. The molecule has 1 aromatic heterocycles. The molecule has 2 bridgehead atoms. The van der Waals surface area contributed by atoms with Gasteiger partial charge in [-0.3, -0.25) is 4.90 Å². The van der Waals surface area contributed by atoms with E-state index < -0.39 is 0 Å². The number of rotatable bonds is 2. The fourth-order valence-corrected chi connectivity index (χ4v) is 4.76. The second-order valence-electron chi connectivity index (χ2n) is 5.85. The van der Waals surface area contributed by atoms with Crippen LogP contribution in [0.4, 0.5) is 0 Å². The Hall–Kier alpha value is -1.23. The minimum absolute atomic E-state index is 0.600. The molecule has 0 radical (unpaired) electrons. The highest BCUT2D eigenvalue weighted by molar-refractivity contribution is 7.15. The fraction of sp³-hybridized carbons (Fsp3) is 0.438. The topological polar surface area (TPSA) is 42.1 Å². The van der Waals surface area contributed by atoms with E-state index in [9.17, 15) is 0 Å². The summed E-state index contributed by atoms with van der Waals surface area (Å²) in [6.07, 6.45) is 3.74. The third kappa shape index (κ3) is 1.83. The summed E-state index contributed by atoms with van der Waals surface area (Å²) in [5.74, 6) is 0. The summed E-state index contributed by atoms with van der Waals surface area (Å²) in [6.45, 7) is 0.600. The molecule has 104 valence electrons. The molecule has 2 unspecified atom stereocenters. The van der Waals surface area contributed by atoms with Gasteiger partial charge >= 0.3 is 0 Å². The van der Waals surface area contributed by atoms with Crippen molar-refractivity contribution in [1.82, 2.24) is 9.88 Å². The summed E-state index contributed by atoms with van der Waals surface area (Å²) in [5, 5.41) is 1.17. The van der Waals surface area contributed by atoms with Crippen LogP contribution in [-0.4, -0.2) is 23.0 Å². The quantitative estimate of drug-likeness (QED) is 0.922. The molecule has 2 aromatic rings. The van der Waals surface area contributed by atoms with Gasteiger partial charge in [0.15, 0.2) is 0 Å². The number of fused-ring (bicyclic) bond motifs is 4. The highest BCUT2D eigenvalue weighted by Gasteiger charge is 2.39. The van der Waals surface area contributed by atoms with E-state index in [1.54, 1.807) is 0 Å².